The highest BCUT2D eigenvalue weighted by Crippen LogP contribution is 2.67. The van der Waals surface area contributed by atoms with Crippen LogP contribution in [-0.2, 0) is 73.7 Å². The number of rotatable bonds is 23. The minimum atomic E-state index is -5.27. The van der Waals surface area contributed by atoms with Crippen LogP contribution in [0, 0.1) is 74.4 Å². The van der Waals surface area contributed by atoms with Crippen LogP contribution in [0.15, 0.2) is 146 Å². The molecule has 17 rings (SSSR count). The Balaban J connectivity index is 0.000000153. The molecular formula is C105H135F3O19S2. The van der Waals surface area contributed by atoms with Gasteiger partial charge < -0.3 is 52.3 Å². The smallest absolute Gasteiger partial charge is 0.426 e. The van der Waals surface area contributed by atoms with E-state index in [1.165, 1.54) is 66.7 Å². The molecule has 24 heteroatoms. The summed E-state index contributed by atoms with van der Waals surface area (Å²) in [5.41, 5.74) is -1.10. The van der Waals surface area contributed by atoms with E-state index < -0.39 is 90.6 Å². The number of thiophene rings is 1. The highest BCUT2D eigenvalue weighted by Gasteiger charge is 2.68. The molecule has 14 atom stereocenters. The number of halogens is 3. The highest BCUT2D eigenvalue weighted by molar-refractivity contribution is 7.85. The summed E-state index contributed by atoms with van der Waals surface area (Å²) in [5, 5.41) is 11.8. The summed E-state index contributed by atoms with van der Waals surface area (Å²) in [6, 6.07) is 49.6. The van der Waals surface area contributed by atoms with Crippen molar-refractivity contribution in [1.29, 1.82) is 0 Å². The number of hydrogen-bond donors (Lipinski definition) is 1. The minimum absolute atomic E-state index is 0.00100. The molecule has 4 heterocycles. The molecule has 0 spiro atoms. The molecule has 0 radical (unpaired) electrons. The number of methoxy groups -OCH3 is 1. The predicted octanol–water partition coefficient (Wildman–Crippen LogP) is 23.5. The lowest BCUT2D eigenvalue weighted by atomic mass is 9.48. The van der Waals surface area contributed by atoms with Crippen LogP contribution in [0.2, 0.25) is 0 Å². The Morgan fingerprint density at radius 1 is 0.636 bits per heavy atom. The standard InChI is InChI=1S/C27H36O3.C20H29F3O7S.C18H13S.C15H24O.C13H18O5.C12H16O3/c1-7-25(3,4)24(28)30-27(8-2)16-14-23-22-11-9-18-17-19(29-6)10-12-20(18)21(22)13-15-26(23,27)5;1-4-17(2,3)15(24)30-19-8-12-5-13(9-19)7-18(6-12,11-19)16(25)29-14(20(21,22)23)10-31(26,27)28;1-2-8-14(9-3-1)19-17-12-6-4-10-15(17)16-11-5-7-13-18(16)19;1-6-12(3)13-8-10-14(11-9-13)16-15(4,5)7-2;1-4-13(2,3)12(15)18-9-7-5-6-8(16-7)10(9)17-11(6)14;1-4-12(2,3)11(14)15-10-7-5-9(13)6-8-10/h2,10,12,17,21-23H,7,9,11,13-16H2,1,3-6H3;12-14H,4-11H2,1-3H3,(H,26,27,28);1-13H;8-12H,6-7H2,1-5H3;6-10H,4-5H2,1-3H3;5-8,13H,4H2,1-3H3/q;;+1;;;/p-1/t21-,22-,23+,26+,27?;;;;;/m1...../s1. The second kappa shape index (κ2) is 39.8. The molecule has 0 amide bonds. The van der Waals surface area contributed by atoms with Crippen molar-refractivity contribution in [3.05, 3.63) is 162 Å². The summed E-state index contributed by atoms with van der Waals surface area (Å²) in [4.78, 5) is 75.4. The van der Waals surface area contributed by atoms with Gasteiger partial charge in [0.1, 0.15) is 40.3 Å². The maximum atomic E-state index is 13.3. The van der Waals surface area contributed by atoms with Crippen LogP contribution < -0.4 is 14.2 Å². The third kappa shape index (κ3) is 22.3. The zero-order valence-corrected chi connectivity index (χ0v) is 80.4. The molecule has 1 aromatic heterocycles. The molecular weight excluding hydrogens is 1690 g/mol. The number of benzene rings is 6. The second-order valence-corrected chi connectivity index (χ2v) is 44.0. The number of ether oxygens (including phenoxy) is 9. The molecule has 10 unspecified atom stereocenters. The fourth-order valence-corrected chi connectivity index (χ4v) is 23.1. The number of terminal acetylenes is 1. The first-order valence-corrected chi connectivity index (χ1v) is 49.0. The van der Waals surface area contributed by atoms with E-state index in [4.69, 9.17) is 49.4 Å². The van der Waals surface area contributed by atoms with E-state index in [-0.39, 0.29) is 87.5 Å². The van der Waals surface area contributed by atoms with Gasteiger partial charge in [0, 0.05) is 33.1 Å². The number of phenols is 1. The molecule has 10 aliphatic rings. The van der Waals surface area contributed by atoms with Crippen LogP contribution in [0.4, 0.5) is 13.2 Å². The SMILES string of the molecule is C#CC1(OC(=O)C(C)(C)CC)CC[C@H]2[C@@H]3CCc4cc(OC)ccc4[C@H]3CC[C@@]21C.CCC(C)(C)C(=O)OC12CC3CC(C1)CC(C(=O)OC(CS(=O)(=O)[O-])C(F)(F)F)(C3)C2.CCC(C)(C)C(=O)OC1C2CC3C(=O)OC1C3O2.CCC(C)(C)C(=O)Oc1ccc(O)cc1.CCC(C)c1ccc(OC(C)(C)CC)cc1.c1ccc(-[s+]2c3ccccc3c3ccccc32)cc1. The Bertz CT molecular complexity index is 5210. The van der Waals surface area contributed by atoms with Gasteiger partial charge in [0.2, 0.25) is 6.10 Å². The van der Waals surface area contributed by atoms with Crippen LogP contribution in [-0.4, -0.2) is 120 Å². The summed E-state index contributed by atoms with van der Waals surface area (Å²) in [6.45, 7) is 35.7. The third-order valence-corrected chi connectivity index (χ3v) is 32.9. The fourth-order valence-electron chi connectivity index (χ4n) is 20.1. The van der Waals surface area contributed by atoms with E-state index in [0.717, 1.165) is 69.3 Å². The summed E-state index contributed by atoms with van der Waals surface area (Å²) in [7, 11) is -3.48. The average Bonchev–Trinajstić information content (AvgIpc) is 1.29. The molecule has 6 bridgehead atoms. The van der Waals surface area contributed by atoms with Gasteiger partial charge in [-0.1, -0.05) is 122 Å². The van der Waals surface area contributed by atoms with Gasteiger partial charge in [0.25, 0.3) is 0 Å². The van der Waals surface area contributed by atoms with Gasteiger partial charge in [0.05, 0.1) is 62.1 Å². The summed E-state index contributed by atoms with van der Waals surface area (Å²) >= 11 is 0. The monoisotopic (exact) mass is 1820 g/mol. The lowest BCUT2D eigenvalue weighted by Crippen LogP contribution is -2.61. The molecule has 6 aromatic carbocycles. The van der Waals surface area contributed by atoms with E-state index in [1.54, 1.807) is 33.1 Å². The predicted molar refractivity (Wildman–Crippen MR) is 494 cm³/mol. The number of aryl methyl sites for hydroxylation is 1. The number of aromatic hydroxyl groups is 1. The Kier molecular flexibility index (Phi) is 31.0. The normalized spacial score (nSPS) is 26.6. The van der Waals surface area contributed by atoms with Gasteiger partial charge in [0.15, 0.2) is 32.1 Å². The molecule has 7 aromatic rings. The van der Waals surface area contributed by atoms with Gasteiger partial charge >= 0.3 is 42.0 Å². The number of esters is 6. The Labute approximate surface area is 764 Å². The van der Waals surface area contributed by atoms with E-state index >= 15 is 0 Å². The maximum absolute atomic E-state index is 13.3. The first-order valence-electron chi connectivity index (χ1n) is 46.2. The molecule has 3 aliphatic heterocycles. The van der Waals surface area contributed by atoms with E-state index in [9.17, 15) is 54.9 Å². The van der Waals surface area contributed by atoms with Crippen molar-refractivity contribution in [3.8, 4) is 40.2 Å². The largest absolute Gasteiger partial charge is 0.748 e. The second-order valence-electron chi connectivity index (χ2n) is 40.6. The number of carbonyl (C=O) groups excluding carboxylic acids is 6. The van der Waals surface area contributed by atoms with E-state index in [0.29, 0.717) is 74.4 Å². The highest BCUT2D eigenvalue weighted by atomic mass is 32.2. The Morgan fingerprint density at radius 3 is 1.72 bits per heavy atom. The van der Waals surface area contributed by atoms with Gasteiger partial charge in [-0.2, -0.15) is 13.2 Å². The summed E-state index contributed by atoms with van der Waals surface area (Å²) in [5.74, 6) is 3.43. The molecule has 6 saturated carbocycles. The van der Waals surface area contributed by atoms with Gasteiger partial charge in [-0.05, 0) is 322 Å². The molecule has 19 nitrogen and oxygen atoms in total. The van der Waals surface area contributed by atoms with Crippen molar-refractivity contribution in [1.82, 2.24) is 0 Å². The Morgan fingerprint density at radius 2 is 1.18 bits per heavy atom. The topological polar surface area (TPSA) is 263 Å². The zero-order chi connectivity index (χ0) is 94.6. The molecule has 1 N–H and O–H groups in total. The van der Waals surface area contributed by atoms with Crippen LogP contribution in [0.1, 0.15) is 269 Å². The summed E-state index contributed by atoms with van der Waals surface area (Å²) < 4.78 is 125. The van der Waals surface area contributed by atoms with Crippen molar-refractivity contribution in [3.63, 3.8) is 0 Å². The van der Waals surface area contributed by atoms with Gasteiger partial charge in [-0.25, -0.2) is 8.42 Å². The van der Waals surface area contributed by atoms with Crippen molar-refractivity contribution >= 4 is 76.6 Å². The van der Waals surface area contributed by atoms with Crippen molar-refractivity contribution in [2.45, 2.75) is 312 Å². The van der Waals surface area contributed by atoms with Crippen LogP contribution in [0.25, 0.3) is 25.1 Å². The first kappa shape index (κ1) is 101. The van der Waals surface area contributed by atoms with Crippen LogP contribution >= 0.6 is 10.5 Å². The minimum Gasteiger partial charge on any atom is -0.748 e. The first-order chi connectivity index (χ1) is 60.5. The third-order valence-electron chi connectivity index (χ3n) is 29.9. The van der Waals surface area contributed by atoms with E-state index in [2.05, 4.69) is 174 Å². The van der Waals surface area contributed by atoms with Gasteiger partial charge in [-0.15, -0.1) is 6.42 Å². The number of phenolic OH excluding ortho intramolecular Hbond substituents is 1. The quantitative estimate of drug-likeness (QED) is 0.0156. The number of hydrogen-bond acceptors (Lipinski definition) is 19. The molecule has 9 fully saturated rings. The van der Waals surface area contributed by atoms with Crippen LogP contribution in [0.5, 0.6) is 23.0 Å². The fraction of sp³-hybridized carbons (Fsp3) is 0.581. The van der Waals surface area contributed by atoms with Crippen molar-refractivity contribution in [2.24, 2.45) is 62.1 Å². The number of carbonyl (C=O) groups is 6. The lowest BCUT2D eigenvalue weighted by Gasteiger charge is -2.60. The molecule has 129 heavy (non-hydrogen) atoms. The lowest BCUT2D eigenvalue weighted by molar-refractivity contribution is -0.239. The maximum Gasteiger partial charge on any atom is 0.426 e. The van der Waals surface area contributed by atoms with E-state index in [1.807, 2.05) is 69.2 Å². The van der Waals surface area contributed by atoms with Gasteiger partial charge in [-0.3, -0.25) is 28.8 Å². The van der Waals surface area contributed by atoms with Crippen LogP contribution in [0.3, 0.4) is 0 Å². The molecule has 7 aliphatic carbocycles. The van der Waals surface area contributed by atoms with Crippen molar-refractivity contribution < 1.29 is 103 Å². The van der Waals surface area contributed by atoms with Crippen molar-refractivity contribution in [2.75, 3.05) is 12.9 Å². The Hall–Kier alpha value is -9.02. The zero-order valence-electron chi connectivity index (χ0n) is 78.8. The summed E-state index contributed by atoms with van der Waals surface area (Å²) in [6.07, 6.45) is 11.0. The molecule has 702 valence electrons. The average molecular weight is 1820 g/mol. The number of alkyl halides is 3. The number of fused-ring (bicyclic) bond motifs is 9. The molecule has 3 saturated heterocycles.